The number of carbonyl (C=O) groups is 1. The van der Waals surface area contributed by atoms with E-state index in [4.69, 9.17) is 11.6 Å². The van der Waals surface area contributed by atoms with Crippen molar-refractivity contribution in [3.63, 3.8) is 0 Å². The van der Waals surface area contributed by atoms with Crippen LogP contribution in [0.25, 0.3) is 0 Å². The number of hydrogen-bond donors (Lipinski definition) is 1. The predicted octanol–water partition coefficient (Wildman–Crippen LogP) is 3.51. The number of rotatable bonds is 6. The lowest BCUT2D eigenvalue weighted by Gasteiger charge is -2.32. The van der Waals surface area contributed by atoms with E-state index >= 15 is 0 Å². The Morgan fingerprint density at radius 1 is 1.10 bits per heavy atom. The summed E-state index contributed by atoms with van der Waals surface area (Å²) in [5, 5.41) is 7.94. The molecule has 3 heterocycles. The van der Waals surface area contributed by atoms with Crippen molar-refractivity contribution < 1.29 is 4.79 Å². The highest BCUT2D eigenvalue weighted by atomic mass is 35.5. The number of aromatic nitrogens is 3. The molecule has 0 bridgehead atoms. The first-order valence-corrected chi connectivity index (χ1v) is 10.2. The van der Waals surface area contributed by atoms with Crippen LogP contribution >= 0.6 is 11.6 Å². The molecule has 1 saturated heterocycles. The molecule has 1 amide bonds. The van der Waals surface area contributed by atoms with Crippen LogP contribution in [0, 0.1) is 5.92 Å². The van der Waals surface area contributed by atoms with Gasteiger partial charge in [-0.25, -0.2) is 4.98 Å². The first kappa shape index (κ1) is 19.5. The SMILES string of the molecule is O=C(NCc1ccc(Cn2cccn2)cc1)C1CCN(c2ccc(Cl)cn2)CC1. The second-order valence-electron chi connectivity index (χ2n) is 7.33. The largest absolute Gasteiger partial charge is 0.357 e. The fraction of sp³-hybridized carbons (Fsp3) is 0.318. The first-order valence-electron chi connectivity index (χ1n) is 9.87. The van der Waals surface area contributed by atoms with Crippen LogP contribution in [0.15, 0.2) is 61.1 Å². The van der Waals surface area contributed by atoms with Gasteiger partial charge in [-0.2, -0.15) is 5.10 Å². The molecule has 3 aromatic rings. The van der Waals surface area contributed by atoms with Crippen LogP contribution in [-0.2, 0) is 17.9 Å². The van der Waals surface area contributed by atoms with E-state index in [2.05, 4.69) is 44.6 Å². The van der Waals surface area contributed by atoms with Crippen molar-refractivity contribution in [3.05, 3.63) is 77.2 Å². The molecule has 1 aliphatic heterocycles. The van der Waals surface area contributed by atoms with Gasteiger partial charge in [-0.1, -0.05) is 35.9 Å². The minimum atomic E-state index is 0.0534. The lowest BCUT2D eigenvalue weighted by atomic mass is 9.95. The first-order chi connectivity index (χ1) is 14.2. The van der Waals surface area contributed by atoms with Gasteiger partial charge in [0.05, 0.1) is 11.6 Å². The van der Waals surface area contributed by atoms with E-state index in [1.54, 1.807) is 12.4 Å². The van der Waals surface area contributed by atoms with Gasteiger partial charge in [0.1, 0.15) is 5.82 Å². The van der Waals surface area contributed by atoms with Gasteiger partial charge in [-0.15, -0.1) is 0 Å². The van der Waals surface area contributed by atoms with E-state index in [0.717, 1.165) is 43.9 Å². The molecular formula is C22H24ClN5O. The summed E-state index contributed by atoms with van der Waals surface area (Å²) in [4.78, 5) is 19.1. The van der Waals surface area contributed by atoms with Gasteiger partial charge in [0.2, 0.25) is 5.91 Å². The molecule has 2 aromatic heterocycles. The van der Waals surface area contributed by atoms with Crippen molar-refractivity contribution in [1.29, 1.82) is 0 Å². The third kappa shape index (κ3) is 5.15. The zero-order valence-electron chi connectivity index (χ0n) is 16.2. The Labute approximate surface area is 175 Å². The van der Waals surface area contributed by atoms with Crippen LogP contribution in [-0.4, -0.2) is 33.8 Å². The normalized spacial score (nSPS) is 14.7. The molecule has 0 atom stereocenters. The van der Waals surface area contributed by atoms with Gasteiger partial charge in [0.25, 0.3) is 0 Å². The lowest BCUT2D eigenvalue weighted by Crippen LogP contribution is -2.40. The van der Waals surface area contributed by atoms with Crippen molar-refractivity contribution in [2.45, 2.75) is 25.9 Å². The number of hydrogen-bond acceptors (Lipinski definition) is 4. The van der Waals surface area contributed by atoms with Crippen LogP contribution in [0.2, 0.25) is 5.02 Å². The molecule has 0 radical (unpaired) electrons. The summed E-state index contributed by atoms with van der Waals surface area (Å²) in [5.74, 6) is 1.11. The Balaban J connectivity index is 1.23. The molecule has 7 heteroatoms. The molecule has 1 aromatic carbocycles. The Hall–Kier alpha value is -2.86. The molecule has 6 nitrogen and oxygen atoms in total. The van der Waals surface area contributed by atoms with Gasteiger partial charge in [0.15, 0.2) is 0 Å². The van der Waals surface area contributed by atoms with E-state index in [9.17, 15) is 4.79 Å². The maximum absolute atomic E-state index is 12.6. The Morgan fingerprint density at radius 2 is 1.86 bits per heavy atom. The molecular weight excluding hydrogens is 386 g/mol. The second-order valence-corrected chi connectivity index (χ2v) is 7.77. The van der Waals surface area contributed by atoms with E-state index in [1.807, 2.05) is 29.1 Å². The average Bonchev–Trinajstić information content (AvgIpc) is 3.27. The minimum Gasteiger partial charge on any atom is -0.357 e. The quantitative estimate of drug-likeness (QED) is 0.676. The summed E-state index contributed by atoms with van der Waals surface area (Å²) in [6, 6.07) is 14.0. The van der Waals surface area contributed by atoms with Crippen molar-refractivity contribution in [2.75, 3.05) is 18.0 Å². The molecule has 0 unspecified atom stereocenters. The Morgan fingerprint density at radius 3 is 2.52 bits per heavy atom. The van der Waals surface area contributed by atoms with Gasteiger partial charge >= 0.3 is 0 Å². The van der Waals surface area contributed by atoms with Gasteiger partial charge < -0.3 is 10.2 Å². The van der Waals surface area contributed by atoms with Crippen LogP contribution in [0.4, 0.5) is 5.82 Å². The molecule has 29 heavy (non-hydrogen) atoms. The van der Waals surface area contributed by atoms with Crippen LogP contribution in [0.3, 0.4) is 0 Å². The second kappa shape index (κ2) is 9.09. The molecule has 1 N–H and O–H groups in total. The van der Waals surface area contributed by atoms with E-state index in [0.29, 0.717) is 11.6 Å². The zero-order valence-corrected chi connectivity index (χ0v) is 16.9. The van der Waals surface area contributed by atoms with Crippen molar-refractivity contribution in [2.24, 2.45) is 5.92 Å². The third-order valence-electron chi connectivity index (χ3n) is 5.29. The van der Waals surface area contributed by atoms with Crippen molar-refractivity contribution in [3.8, 4) is 0 Å². The standard InChI is InChI=1S/C22H24ClN5O/c23-20-6-7-21(24-15-20)27-12-8-19(9-13-27)22(29)25-14-17-2-4-18(5-3-17)16-28-11-1-10-26-28/h1-7,10-11,15,19H,8-9,12-14,16H2,(H,25,29). The van der Waals surface area contributed by atoms with E-state index in [-0.39, 0.29) is 11.8 Å². The molecule has 4 rings (SSSR count). The number of halogens is 1. The number of amides is 1. The van der Waals surface area contributed by atoms with Crippen molar-refractivity contribution >= 4 is 23.3 Å². The summed E-state index contributed by atoms with van der Waals surface area (Å²) in [5.41, 5.74) is 2.29. The predicted molar refractivity (Wildman–Crippen MR) is 114 cm³/mol. The number of piperidine rings is 1. The highest BCUT2D eigenvalue weighted by Crippen LogP contribution is 2.23. The summed E-state index contributed by atoms with van der Waals surface area (Å²) in [6.45, 7) is 2.96. The monoisotopic (exact) mass is 409 g/mol. The summed E-state index contributed by atoms with van der Waals surface area (Å²) in [6.07, 6.45) is 7.05. The van der Waals surface area contributed by atoms with E-state index in [1.165, 1.54) is 5.56 Å². The third-order valence-corrected chi connectivity index (χ3v) is 5.52. The Kier molecular flexibility index (Phi) is 6.10. The summed E-state index contributed by atoms with van der Waals surface area (Å²) >= 11 is 5.90. The number of carbonyl (C=O) groups excluding carboxylic acids is 1. The smallest absolute Gasteiger partial charge is 0.223 e. The van der Waals surface area contributed by atoms with Crippen LogP contribution < -0.4 is 10.2 Å². The maximum Gasteiger partial charge on any atom is 0.223 e. The highest BCUT2D eigenvalue weighted by Gasteiger charge is 2.25. The highest BCUT2D eigenvalue weighted by molar-refractivity contribution is 6.30. The van der Waals surface area contributed by atoms with Gasteiger partial charge in [0, 0.05) is 44.1 Å². The topological polar surface area (TPSA) is 63.1 Å². The molecule has 0 spiro atoms. The number of nitrogens with one attached hydrogen (secondary N) is 1. The number of nitrogens with zero attached hydrogens (tertiary/aromatic N) is 4. The minimum absolute atomic E-state index is 0.0534. The number of pyridine rings is 1. The molecule has 0 aliphatic carbocycles. The summed E-state index contributed by atoms with van der Waals surface area (Å²) in [7, 11) is 0. The Bertz CT molecular complexity index is 917. The fourth-order valence-corrected chi connectivity index (χ4v) is 3.71. The van der Waals surface area contributed by atoms with Gasteiger partial charge in [-0.3, -0.25) is 9.48 Å². The molecule has 1 aliphatic rings. The number of benzene rings is 1. The van der Waals surface area contributed by atoms with Crippen LogP contribution in [0.1, 0.15) is 24.0 Å². The lowest BCUT2D eigenvalue weighted by molar-refractivity contribution is -0.125. The average molecular weight is 410 g/mol. The molecule has 0 saturated carbocycles. The fourth-order valence-electron chi connectivity index (χ4n) is 3.60. The zero-order chi connectivity index (χ0) is 20.1. The van der Waals surface area contributed by atoms with E-state index < -0.39 is 0 Å². The van der Waals surface area contributed by atoms with Crippen molar-refractivity contribution in [1.82, 2.24) is 20.1 Å². The number of anilines is 1. The molecule has 150 valence electrons. The molecule has 1 fully saturated rings. The van der Waals surface area contributed by atoms with Crippen LogP contribution in [0.5, 0.6) is 0 Å². The summed E-state index contributed by atoms with van der Waals surface area (Å²) < 4.78 is 1.89. The maximum atomic E-state index is 12.6. The van der Waals surface area contributed by atoms with Gasteiger partial charge in [-0.05, 0) is 42.2 Å².